The quantitative estimate of drug-likeness (QED) is 0.718. The van der Waals surface area contributed by atoms with Crippen LogP contribution in [0.1, 0.15) is 40.5 Å². The van der Waals surface area contributed by atoms with E-state index in [-0.39, 0.29) is 11.5 Å². The van der Waals surface area contributed by atoms with E-state index < -0.39 is 0 Å². The molecular formula is C12H23NO2. The highest BCUT2D eigenvalue weighted by atomic mass is 16.5. The standard InChI is InChI=1S/C12H23NO2/c1-5-10(6-2)11(14)13-7-8-15-12(3,4)9-13/h10H,5-9H2,1-4H3. The largest absolute Gasteiger partial charge is 0.372 e. The van der Waals surface area contributed by atoms with Gasteiger partial charge in [-0.25, -0.2) is 0 Å². The third-order valence-corrected chi connectivity index (χ3v) is 3.07. The maximum atomic E-state index is 12.1. The molecule has 0 bridgehead atoms. The zero-order valence-electron chi connectivity index (χ0n) is 10.4. The fourth-order valence-electron chi connectivity index (χ4n) is 2.10. The number of ether oxygens (including phenoxy) is 1. The highest BCUT2D eigenvalue weighted by Gasteiger charge is 2.31. The maximum absolute atomic E-state index is 12.1. The van der Waals surface area contributed by atoms with Gasteiger partial charge >= 0.3 is 0 Å². The van der Waals surface area contributed by atoms with Crippen LogP contribution in [0, 0.1) is 5.92 Å². The Hall–Kier alpha value is -0.570. The van der Waals surface area contributed by atoms with Crippen molar-refractivity contribution in [2.75, 3.05) is 19.7 Å². The van der Waals surface area contributed by atoms with Crippen LogP contribution in [0.2, 0.25) is 0 Å². The average molecular weight is 213 g/mol. The smallest absolute Gasteiger partial charge is 0.225 e. The van der Waals surface area contributed by atoms with Gasteiger partial charge in [0.15, 0.2) is 0 Å². The zero-order chi connectivity index (χ0) is 11.5. The molecule has 0 N–H and O–H groups in total. The summed E-state index contributed by atoms with van der Waals surface area (Å²) in [6.07, 6.45) is 1.88. The Balaban J connectivity index is 2.59. The molecule has 1 aliphatic rings. The van der Waals surface area contributed by atoms with Crippen LogP contribution >= 0.6 is 0 Å². The van der Waals surface area contributed by atoms with Crippen molar-refractivity contribution in [3.05, 3.63) is 0 Å². The number of carbonyl (C=O) groups is 1. The Labute approximate surface area is 92.8 Å². The molecular weight excluding hydrogens is 190 g/mol. The number of nitrogens with zero attached hydrogens (tertiary/aromatic N) is 1. The van der Waals surface area contributed by atoms with Crippen LogP contribution in [-0.2, 0) is 9.53 Å². The van der Waals surface area contributed by atoms with Gasteiger partial charge in [-0.15, -0.1) is 0 Å². The molecule has 1 amide bonds. The van der Waals surface area contributed by atoms with E-state index in [1.165, 1.54) is 0 Å². The summed E-state index contributed by atoms with van der Waals surface area (Å²) in [5.41, 5.74) is -0.181. The van der Waals surface area contributed by atoms with Gasteiger partial charge in [0.05, 0.1) is 12.2 Å². The molecule has 1 aliphatic heterocycles. The van der Waals surface area contributed by atoms with Crippen molar-refractivity contribution in [2.45, 2.75) is 46.1 Å². The molecule has 0 spiro atoms. The SMILES string of the molecule is CCC(CC)C(=O)N1CCOC(C)(C)C1. The van der Waals surface area contributed by atoms with Crippen molar-refractivity contribution in [3.8, 4) is 0 Å². The lowest BCUT2D eigenvalue weighted by molar-refractivity contribution is -0.150. The minimum Gasteiger partial charge on any atom is -0.372 e. The van der Waals surface area contributed by atoms with Crippen molar-refractivity contribution in [2.24, 2.45) is 5.92 Å². The first-order chi connectivity index (χ1) is 7.00. The summed E-state index contributed by atoms with van der Waals surface area (Å²) >= 11 is 0. The normalized spacial score (nSPS) is 20.7. The number of hydrogen-bond donors (Lipinski definition) is 0. The van der Waals surface area contributed by atoms with Crippen molar-refractivity contribution in [1.29, 1.82) is 0 Å². The van der Waals surface area contributed by atoms with Crippen molar-refractivity contribution >= 4 is 5.91 Å². The Morgan fingerprint density at radius 1 is 1.40 bits per heavy atom. The minimum absolute atomic E-state index is 0.181. The summed E-state index contributed by atoms with van der Waals surface area (Å²) in [6, 6.07) is 0. The van der Waals surface area contributed by atoms with E-state index in [4.69, 9.17) is 4.74 Å². The lowest BCUT2D eigenvalue weighted by Gasteiger charge is -2.39. The van der Waals surface area contributed by atoms with Gasteiger partial charge in [-0.1, -0.05) is 13.8 Å². The minimum atomic E-state index is -0.181. The molecule has 1 fully saturated rings. The predicted octanol–water partition coefficient (Wildman–Crippen LogP) is 2.06. The average Bonchev–Trinajstić information content (AvgIpc) is 2.18. The predicted molar refractivity (Wildman–Crippen MR) is 60.7 cm³/mol. The van der Waals surface area contributed by atoms with Gasteiger partial charge in [0, 0.05) is 19.0 Å². The number of carbonyl (C=O) groups excluding carboxylic acids is 1. The van der Waals surface area contributed by atoms with E-state index >= 15 is 0 Å². The summed E-state index contributed by atoms with van der Waals surface area (Å²) in [7, 11) is 0. The lowest BCUT2D eigenvalue weighted by atomic mass is 9.99. The number of amides is 1. The van der Waals surface area contributed by atoms with Crippen LogP contribution in [-0.4, -0.2) is 36.1 Å². The molecule has 0 saturated carbocycles. The van der Waals surface area contributed by atoms with E-state index in [0.29, 0.717) is 12.5 Å². The van der Waals surface area contributed by atoms with E-state index in [0.717, 1.165) is 25.9 Å². The van der Waals surface area contributed by atoms with E-state index in [9.17, 15) is 4.79 Å². The molecule has 0 aromatic heterocycles. The van der Waals surface area contributed by atoms with Crippen molar-refractivity contribution in [1.82, 2.24) is 4.90 Å². The molecule has 0 aromatic carbocycles. The van der Waals surface area contributed by atoms with Crippen LogP contribution in [0.4, 0.5) is 0 Å². The molecule has 0 aromatic rings. The molecule has 1 rings (SSSR count). The topological polar surface area (TPSA) is 29.5 Å². The first-order valence-electron chi connectivity index (χ1n) is 5.93. The molecule has 88 valence electrons. The van der Waals surface area contributed by atoms with Gasteiger partial charge in [-0.05, 0) is 26.7 Å². The van der Waals surface area contributed by atoms with Gasteiger partial charge < -0.3 is 9.64 Å². The van der Waals surface area contributed by atoms with Crippen molar-refractivity contribution < 1.29 is 9.53 Å². The summed E-state index contributed by atoms with van der Waals surface area (Å²) in [5.74, 6) is 0.496. The van der Waals surface area contributed by atoms with Crippen LogP contribution in [0.25, 0.3) is 0 Å². The molecule has 3 nitrogen and oxygen atoms in total. The number of rotatable bonds is 3. The van der Waals surface area contributed by atoms with Gasteiger partial charge in [0.2, 0.25) is 5.91 Å². The highest BCUT2D eigenvalue weighted by molar-refractivity contribution is 5.78. The molecule has 0 unspecified atom stereocenters. The fraction of sp³-hybridized carbons (Fsp3) is 0.917. The Morgan fingerprint density at radius 3 is 2.47 bits per heavy atom. The zero-order valence-corrected chi connectivity index (χ0v) is 10.4. The number of morpholine rings is 1. The van der Waals surface area contributed by atoms with E-state index in [2.05, 4.69) is 13.8 Å². The third-order valence-electron chi connectivity index (χ3n) is 3.07. The molecule has 0 aliphatic carbocycles. The Kier molecular flexibility index (Phi) is 4.14. The summed E-state index contributed by atoms with van der Waals surface area (Å²) in [4.78, 5) is 14.1. The maximum Gasteiger partial charge on any atom is 0.225 e. The van der Waals surface area contributed by atoms with Crippen molar-refractivity contribution in [3.63, 3.8) is 0 Å². The van der Waals surface area contributed by atoms with E-state index in [1.54, 1.807) is 0 Å². The second kappa shape index (κ2) is 4.97. The highest BCUT2D eigenvalue weighted by Crippen LogP contribution is 2.20. The van der Waals surface area contributed by atoms with Crippen LogP contribution < -0.4 is 0 Å². The van der Waals surface area contributed by atoms with Crippen LogP contribution in [0.3, 0.4) is 0 Å². The Bertz CT molecular complexity index is 222. The molecule has 1 heterocycles. The Morgan fingerprint density at radius 2 is 2.00 bits per heavy atom. The van der Waals surface area contributed by atoms with Crippen LogP contribution in [0.15, 0.2) is 0 Å². The molecule has 3 heteroatoms. The molecule has 0 atom stereocenters. The van der Waals surface area contributed by atoms with Gasteiger partial charge in [0.25, 0.3) is 0 Å². The molecule has 15 heavy (non-hydrogen) atoms. The summed E-state index contributed by atoms with van der Waals surface area (Å²) in [5, 5.41) is 0. The summed E-state index contributed by atoms with van der Waals surface area (Å²) < 4.78 is 5.60. The van der Waals surface area contributed by atoms with Crippen LogP contribution in [0.5, 0.6) is 0 Å². The molecule has 0 radical (unpaired) electrons. The summed E-state index contributed by atoms with van der Waals surface area (Å²) in [6.45, 7) is 10.4. The van der Waals surface area contributed by atoms with E-state index in [1.807, 2.05) is 18.7 Å². The van der Waals surface area contributed by atoms with Gasteiger partial charge in [-0.2, -0.15) is 0 Å². The second-order valence-electron chi connectivity index (χ2n) is 4.88. The van der Waals surface area contributed by atoms with Gasteiger partial charge in [-0.3, -0.25) is 4.79 Å². The first-order valence-corrected chi connectivity index (χ1v) is 5.93. The molecule has 1 saturated heterocycles. The number of hydrogen-bond acceptors (Lipinski definition) is 2. The van der Waals surface area contributed by atoms with Gasteiger partial charge in [0.1, 0.15) is 0 Å². The lowest BCUT2D eigenvalue weighted by Crippen LogP contribution is -2.52. The fourth-order valence-corrected chi connectivity index (χ4v) is 2.10. The second-order valence-corrected chi connectivity index (χ2v) is 4.88. The first kappa shape index (κ1) is 12.5. The monoisotopic (exact) mass is 213 g/mol. The third kappa shape index (κ3) is 3.20.